The fourth-order valence-electron chi connectivity index (χ4n) is 3.48. The second kappa shape index (κ2) is 8.87. The smallest absolute Gasteiger partial charge is 0.269 e. The fourth-order valence-corrected chi connectivity index (χ4v) is 4.92. The molecule has 10 heteroatoms. The molecule has 1 fully saturated rings. The molecule has 0 bridgehead atoms. The highest BCUT2D eigenvalue weighted by Gasteiger charge is 2.34. The molecule has 0 spiro atoms. The Bertz CT molecular complexity index is 948. The maximum Gasteiger partial charge on any atom is 0.269 e. The summed E-state index contributed by atoms with van der Waals surface area (Å²) in [7, 11) is -2.18. The number of nitrogens with zero attached hydrogens (tertiary/aromatic N) is 3. The Hall–Kier alpha value is -2.53. The number of benzene rings is 2. The topological polar surface area (TPSA) is 119 Å². The summed E-state index contributed by atoms with van der Waals surface area (Å²) in [4.78, 5) is 12.5. The molecular weight excluding hydrogens is 396 g/mol. The van der Waals surface area contributed by atoms with Crippen LogP contribution in [-0.2, 0) is 10.0 Å². The molecule has 0 aliphatic carbocycles. The minimum absolute atomic E-state index is 0.0452. The number of piperazine rings is 1. The van der Waals surface area contributed by atoms with Gasteiger partial charge in [-0.2, -0.15) is 4.31 Å². The predicted octanol–water partition coefficient (Wildman–Crippen LogP) is 1.61. The third kappa shape index (κ3) is 4.56. The van der Waals surface area contributed by atoms with Crippen LogP contribution in [0.5, 0.6) is 5.75 Å². The summed E-state index contributed by atoms with van der Waals surface area (Å²) in [6, 6.07) is 12.4. The van der Waals surface area contributed by atoms with E-state index in [2.05, 4.69) is 4.90 Å². The van der Waals surface area contributed by atoms with E-state index in [4.69, 9.17) is 10.5 Å². The lowest BCUT2D eigenvalue weighted by molar-refractivity contribution is -0.384. The van der Waals surface area contributed by atoms with Crippen LogP contribution in [0.2, 0.25) is 0 Å². The lowest BCUT2D eigenvalue weighted by Gasteiger charge is -2.41. The summed E-state index contributed by atoms with van der Waals surface area (Å²) in [5, 5.41) is 10.8. The minimum atomic E-state index is -3.77. The average Bonchev–Trinajstić information content (AvgIpc) is 2.74. The zero-order valence-electron chi connectivity index (χ0n) is 16.1. The van der Waals surface area contributed by atoms with E-state index < -0.39 is 14.9 Å². The van der Waals surface area contributed by atoms with Crippen LogP contribution in [0.15, 0.2) is 53.4 Å². The molecule has 0 amide bonds. The zero-order chi connectivity index (χ0) is 21.0. The molecule has 1 aliphatic rings. The number of hydrogen-bond donors (Lipinski definition) is 1. The molecule has 29 heavy (non-hydrogen) atoms. The number of methoxy groups -OCH3 is 1. The van der Waals surface area contributed by atoms with Crippen molar-refractivity contribution in [3.63, 3.8) is 0 Å². The van der Waals surface area contributed by atoms with E-state index in [1.165, 1.54) is 28.6 Å². The van der Waals surface area contributed by atoms with Gasteiger partial charge in [0.15, 0.2) is 0 Å². The van der Waals surface area contributed by atoms with Gasteiger partial charge in [0.25, 0.3) is 5.69 Å². The van der Waals surface area contributed by atoms with Crippen LogP contribution < -0.4 is 10.5 Å². The van der Waals surface area contributed by atoms with Crippen LogP contribution in [0.4, 0.5) is 5.69 Å². The number of nitro groups is 1. The Kier molecular flexibility index (Phi) is 6.48. The summed E-state index contributed by atoms with van der Waals surface area (Å²) >= 11 is 0. The van der Waals surface area contributed by atoms with E-state index in [0.717, 1.165) is 11.3 Å². The molecule has 0 saturated carbocycles. The Labute approximate surface area is 169 Å². The average molecular weight is 420 g/mol. The first-order chi connectivity index (χ1) is 13.9. The molecule has 2 aromatic rings. The second-order valence-electron chi connectivity index (χ2n) is 6.73. The van der Waals surface area contributed by atoms with Crippen molar-refractivity contribution in [3.8, 4) is 5.75 Å². The highest BCUT2D eigenvalue weighted by Crippen LogP contribution is 2.30. The Balaban J connectivity index is 1.87. The normalized spacial score (nSPS) is 18.5. The highest BCUT2D eigenvalue weighted by molar-refractivity contribution is 7.89. The third-order valence-electron chi connectivity index (χ3n) is 5.06. The van der Waals surface area contributed by atoms with E-state index >= 15 is 0 Å². The first kappa shape index (κ1) is 21.2. The predicted molar refractivity (Wildman–Crippen MR) is 108 cm³/mol. The molecule has 1 unspecified atom stereocenters. The molecular formula is C19H24N4O5S. The van der Waals surface area contributed by atoms with Gasteiger partial charge in [-0.05, 0) is 29.8 Å². The number of nitro benzene ring substituents is 1. The Morgan fingerprint density at radius 1 is 1.14 bits per heavy atom. The SMILES string of the molecule is COc1ccc(C2CN(S(=O)(=O)c3ccc([N+](=O)[O-])cc3)CCN2CCN)cc1. The number of non-ortho nitro benzene ring substituents is 1. The van der Waals surface area contributed by atoms with Crippen LogP contribution in [0.3, 0.4) is 0 Å². The van der Waals surface area contributed by atoms with Gasteiger partial charge in [-0.3, -0.25) is 15.0 Å². The van der Waals surface area contributed by atoms with Crippen molar-refractivity contribution in [2.24, 2.45) is 5.73 Å². The van der Waals surface area contributed by atoms with Crippen LogP contribution in [0.1, 0.15) is 11.6 Å². The third-order valence-corrected chi connectivity index (χ3v) is 6.94. The molecule has 1 atom stereocenters. The van der Waals surface area contributed by atoms with Crippen molar-refractivity contribution in [1.82, 2.24) is 9.21 Å². The zero-order valence-corrected chi connectivity index (χ0v) is 16.9. The van der Waals surface area contributed by atoms with Crippen molar-refractivity contribution in [1.29, 1.82) is 0 Å². The number of nitrogens with two attached hydrogens (primary N) is 1. The van der Waals surface area contributed by atoms with E-state index in [0.29, 0.717) is 26.2 Å². The van der Waals surface area contributed by atoms with Crippen LogP contribution in [-0.4, -0.2) is 62.4 Å². The van der Waals surface area contributed by atoms with Crippen LogP contribution >= 0.6 is 0 Å². The fraction of sp³-hybridized carbons (Fsp3) is 0.368. The number of sulfonamides is 1. The quantitative estimate of drug-likeness (QED) is 0.534. The monoisotopic (exact) mass is 420 g/mol. The lowest BCUT2D eigenvalue weighted by Crippen LogP contribution is -2.51. The standard InChI is InChI=1S/C19H24N4O5S/c1-28-17-6-2-15(3-7-17)19-14-22(13-12-21(19)11-10-20)29(26,27)18-8-4-16(5-9-18)23(24)25/h2-9,19H,10-14,20H2,1H3. The van der Waals surface area contributed by atoms with Gasteiger partial charge in [0.2, 0.25) is 10.0 Å². The van der Waals surface area contributed by atoms with Gasteiger partial charge in [0.1, 0.15) is 5.75 Å². The number of rotatable bonds is 7. The molecule has 156 valence electrons. The van der Waals surface area contributed by atoms with E-state index in [9.17, 15) is 18.5 Å². The van der Waals surface area contributed by atoms with Gasteiger partial charge in [-0.1, -0.05) is 12.1 Å². The van der Waals surface area contributed by atoms with Crippen molar-refractivity contribution >= 4 is 15.7 Å². The molecule has 2 N–H and O–H groups in total. The van der Waals surface area contributed by atoms with Gasteiger partial charge in [-0.25, -0.2) is 8.42 Å². The van der Waals surface area contributed by atoms with Gasteiger partial charge in [0, 0.05) is 50.9 Å². The maximum absolute atomic E-state index is 13.1. The number of ether oxygens (including phenoxy) is 1. The lowest BCUT2D eigenvalue weighted by atomic mass is 10.0. The van der Waals surface area contributed by atoms with Crippen molar-refractivity contribution < 1.29 is 18.1 Å². The largest absolute Gasteiger partial charge is 0.497 e. The maximum atomic E-state index is 13.1. The minimum Gasteiger partial charge on any atom is -0.497 e. The van der Waals surface area contributed by atoms with E-state index in [1.54, 1.807) is 7.11 Å². The van der Waals surface area contributed by atoms with E-state index in [-0.39, 0.29) is 23.2 Å². The molecule has 1 heterocycles. The van der Waals surface area contributed by atoms with Crippen LogP contribution in [0, 0.1) is 10.1 Å². The van der Waals surface area contributed by atoms with Crippen molar-refractivity contribution in [2.75, 3.05) is 39.8 Å². The Morgan fingerprint density at radius 3 is 2.34 bits per heavy atom. The Morgan fingerprint density at radius 2 is 1.79 bits per heavy atom. The summed E-state index contributed by atoms with van der Waals surface area (Å²) in [5.74, 6) is 0.727. The first-order valence-electron chi connectivity index (χ1n) is 9.19. The van der Waals surface area contributed by atoms with Gasteiger partial charge >= 0.3 is 0 Å². The summed E-state index contributed by atoms with van der Waals surface area (Å²) in [5.41, 5.74) is 6.58. The molecule has 2 aromatic carbocycles. The summed E-state index contributed by atoms with van der Waals surface area (Å²) < 4.78 is 32.8. The number of hydrogen-bond acceptors (Lipinski definition) is 7. The summed E-state index contributed by atoms with van der Waals surface area (Å²) in [6.45, 7) is 2.27. The van der Waals surface area contributed by atoms with Gasteiger partial charge < -0.3 is 10.5 Å². The molecule has 0 radical (unpaired) electrons. The van der Waals surface area contributed by atoms with Crippen LogP contribution in [0.25, 0.3) is 0 Å². The highest BCUT2D eigenvalue weighted by atomic mass is 32.2. The molecule has 1 aliphatic heterocycles. The second-order valence-corrected chi connectivity index (χ2v) is 8.67. The molecule has 9 nitrogen and oxygen atoms in total. The van der Waals surface area contributed by atoms with Crippen molar-refractivity contribution in [2.45, 2.75) is 10.9 Å². The van der Waals surface area contributed by atoms with Gasteiger partial charge in [-0.15, -0.1) is 0 Å². The summed E-state index contributed by atoms with van der Waals surface area (Å²) in [6.07, 6.45) is 0. The first-order valence-corrected chi connectivity index (χ1v) is 10.6. The molecule has 0 aromatic heterocycles. The van der Waals surface area contributed by atoms with E-state index in [1.807, 2.05) is 24.3 Å². The molecule has 3 rings (SSSR count). The molecule has 1 saturated heterocycles. The van der Waals surface area contributed by atoms with Crippen molar-refractivity contribution in [3.05, 3.63) is 64.2 Å². The van der Waals surface area contributed by atoms with Gasteiger partial charge in [0.05, 0.1) is 16.9 Å².